The fraction of sp³-hybridized carbons (Fsp3) is 0.385. The van der Waals surface area contributed by atoms with Gasteiger partial charge in [0.2, 0.25) is 0 Å². The van der Waals surface area contributed by atoms with E-state index in [-0.39, 0.29) is 0 Å². The zero-order chi connectivity index (χ0) is 11.6. The lowest BCUT2D eigenvalue weighted by Gasteiger charge is -2.25. The Morgan fingerprint density at radius 2 is 1.88 bits per heavy atom. The van der Waals surface area contributed by atoms with E-state index in [0.717, 1.165) is 25.3 Å². The van der Waals surface area contributed by atoms with Crippen LogP contribution in [0.15, 0.2) is 43.0 Å². The third-order valence-corrected chi connectivity index (χ3v) is 2.40. The molecule has 1 saturated heterocycles. The molecule has 0 spiro atoms. The fourth-order valence-electron chi connectivity index (χ4n) is 1.53. The van der Waals surface area contributed by atoms with Crippen LogP contribution in [-0.2, 0) is 0 Å². The van der Waals surface area contributed by atoms with Crippen molar-refractivity contribution < 1.29 is 0 Å². The highest BCUT2D eigenvalue weighted by atomic mass is 15.2. The van der Waals surface area contributed by atoms with Gasteiger partial charge in [-0.1, -0.05) is 24.3 Å². The van der Waals surface area contributed by atoms with Crippen LogP contribution in [0.2, 0.25) is 0 Å². The lowest BCUT2D eigenvalue weighted by molar-refractivity contribution is 0.265. The van der Waals surface area contributed by atoms with Crippen molar-refractivity contribution in [2.24, 2.45) is 0 Å². The van der Waals surface area contributed by atoms with Crippen LogP contribution < -0.4 is 11.1 Å². The van der Waals surface area contributed by atoms with E-state index >= 15 is 0 Å². The molecule has 0 aromatic heterocycles. The van der Waals surface area contributed by atoms with Gasteiger partial charge in [0.1, 0.15) is 0 Å². The largest absolute Gasteiger partial charge is 0.399 e. The summed E-state index contributed by atoms with van der Waals surface area (Å²) < 4.78 is 0. The van der Waals surface area contributed by atoms with Gasteiger partial charge >= 0.3 is 0 Å². The van der Waals surface area contributed by atoms with Crippen molar-refractivity contribution in [1.29, 1.82) is 0 Å². The van der Waals surface area contributed by atoms with Gasteiger partial charge in [-0.05, 0) is 12.1 Å². The minimum absolute atomic E-state index is 0.822. The van der Waals surface area contributed by atoms with Crippen molar-refractivity contribution in [2.45, 2.75) is 0 Å². The molecule has 1 aromatic rings. The van der Waals surface area contributed by atoms with Gasteiger partial charge in [0.25, 0.3) is 0 Å². The highest BCUT2D eigenvalue weighted by molar-refractivity contribution is 5.35. The lowest BCUT2D eigenvalue weighted by atomic mass is 10.3. The predicted octanol–water partition coefficient (Wildman–Crippen LogP) is 1.35. The molecule has 0 saturated carbocycles. The van der Waals surface area contributed by atoms with Gasteiger partial charge in [0.05, 0.1) is 0 Å². The normalized spacial score (nSPS) is 16.0. The molecule has 3 nitrogen and oxygen atoms in total. The Balaban J connectivity index is 0.000000165. The molecule has 1 fully saturated rings. The quantitative estimate of drug-likeness (QED) is 0.583. The first kappa shape index (κ1) is 12.7. The van der Waals surface area contributed by atoms with Crippen molar-refractivity contribution in [1.82, 2.24) is 10.2 Å². The zero-order valence-corrected chi connectivity index (χ0v) is 9.73. The summed E-state index contributed by atoms with van der Waals surface area (Å²) in [4.78, 5) is 2.39. The number of para-hydroxylation sites is 1. The molecule has 0 atom stereocenters. The number of hydrogen-bond donors (Lipinski definition) is 2. The standard InChI is InChI=1S/C7H14N2.C6H7N/c1-2-5-9-6-3-8-4-7-9;7-6-4-2-1-3-5-6/h2,8H,1,3-7H2;1-5H,7H2. The summed E-state index contributed by atoms with van der Waals surface area (Å²) in [6.45, 7) is 9.35. The molecule has 0 radical (unpaired) electrons. The second-order valence-corrected chi connectivity index (χ2v) is 3.75. The summed E-state index contributed by atoms with van der Waals surface area (Å²) in [5.41, 5.74) is 6.18. The summed E-state index contributed by atoms with van der Waals surface area (Å²) in [7, 11) is 0. The SMILES string of the molecule is C=CCN1CCNCC1.Nc1ccccc1. The summed E-state index contributed by atoms with van der Waals surface area (Å²) in [6.07, 6.45) is 1.96. The Kier molecular flexibility index (Phi) is 6.30. The number of hydrogen-bond acceptors (Lipinski definition) is 3. The molecule has 2 rings (SSSR count). The Bertz CT molecular complexity index is 278. The Hall–Kier alpha value is -1.32. The van der Waals surface area contributed by atoms with Crippen molar-refractivity contribution in [3.05, 3.63) is 43.0 Å². The van der Waals surface area contributed by atoms with E-state index in [1.807, 2.05) is 36.4 Å². The van der Waals surface area contributed by atoms with Crippen LogP contribution in [0, 0.1) is 0 Å². The molecule has 0 aliphatic carbocycles. The Labute approximate surface area is 97.9 Å². The summed E-state index contributed by atoms with van der Waals surface area (Å²) in [5, 5.41) is 3.30. The Morgan fingerprint density at radius 1 is 1.25 bits per heavy atom. The molecule has 3 heteroatoms. The van der Waals surface area contributed by atoms with Gasteiger partial charge in [-0.3, -0.25) is 4.90 Å². The topological polar surface area (TPSA) is 41.3 Å². The second-order valence-electron chi connectivity index (χ2n) is 3.75. The lowest BCUT2D eigenvalue weighted by Crippen LogP contribution is -2.43. The van der Waals surface area contributed by atoms with Crippen LogP contribution in [0.1, 0.15) is 0 Å². The highest BCUT2D eigenvalue weighted by Gasteiger charge is 2.05. The Morgan fingerprint density at radius 3 is 2.31 bits per heavy atom. The van der Waals surface area contributed by atoms with E-state index in [1.165, 1.54) is 13.1 Å². The van der Waals surface area contributed by atoms with Gasteiger partial charge < -0.3 is 11.1 Å². The number of nitrogens with zero attached hydrogens (tertiary/aromatic N) is 1. The molecule has 16 heavy (non-hydrogen) atoms. The fourth-order valence-corrected chi connectivity index (χ4v) is 1.53. The van der Waals surface area contributed by atoms with Crippen LogP contribution in [-0.4, -0.2) is 37.6 Å². The summed E-state index contributed by atoms with van der Waals surface area (Å²) >= 11 is 0. The van der Waals surface area contributed by atoms with Crippen LogP contribution in [0.5, 0.6) is 0 Å². The summed E-state index contributed by atoms with van der Waals surface area (Å²) in [6, 6.07) is 9.49. The van der Waals surface area contributed by atoms with Crippen molar-refractivity contribution in [3.63, 3.8) is 0 Å². The summed E-state index contributed by atoms with van der Waals surface area (Å²) in [5.74, 6) is 0. The zero-order valence-electron chi connectivity index (χ0n) is 9.73. The second kappa shape index (κ2) is 7.91. The number of anilines is 1. The van der Waals surface area contributed by atoms with Gasteiger partial charge in [0.15, 0.2) is 0 Å². The number of piperazine rings is 1. The molecule has 1 aromatic carbocycles. The van der Waals surface area contributed by atoms with Crippen LogP contribution >= 0.6 is 0 Å². The molecular formula is C13H21N3. The van der Waals surface area contributed by atoms with Crippen molar-refractivity contribution in [3.8, 4) is 0 Å². The first-order valence-corrected chi connectivity index (χ1v) is 5.67. The van der Waals surface area contributed by atoms with Crippen LogP contribution in [0.3, 0.4) is 0 Å². The third-order valence-electron chi connectivity index (χ3n) is 2.40. The minimum Gasteiger partial charge on any atom is -0.399 e. The number of nitrogens with one attached hydrogen (secondary N) is 1. The average molecular weight is 219 g/mol. The molecule has 1 heterocycles. The maximum Gasteiger partial charge on any atom is 0.0313 e. The van der Waals surface area contributed by atoms with E-state index < -0.39 is 0 Å². The van der Waals surface area contributed by atoms with Crippen molar-refractivity contribution in [2.75, 3.05) is 38.5 Å². The first-order chi connectivity index (χ1) is 7.83. The molecule has 3 N–H and O–H groups in total. The van der Waals surface area contributed by atoms with E-state index in [2.05, 4.69) is 16.8 Å². The van der Waals surface area contributed by atoms with Crippen LogP contribution in [0.4, 0.5) is 5.69 Å². The number of nitrogens with two attached hydrogens (primary N) is 1. The molecule has 1 aliphatic rings. The number of nitrogen functional groups attached to an aromatic ring is 1. The van der Waals surface area contributed by atoms with E-state index in [9.17, 15) is 0 Å². The van der Waals surface area contributed by atoms with Gasteiger partial charge in [-0.15, -0.1) is 6.58 Å². The molecule has 0 unspecified atom stereocenters. The van der Waals surface area contributed by atoms with Crippen molar-refractivity contribution >= 4 is 5.69 Å². The molecule has 0 amide bonds. The smallest absolute Gasteiger partial charge is 0.0313 e. The van der Waals surface area contributed by atoms with Crippen LogP contribution in [0.25, 0.3) is 0 Å². The molecule has 0 bridgehead atoms. The maximum absolute atomic E-state index is 5.36. The molecular weight excluding hydrogens is 198 g/mol. The highest BCUT2D eigenvalue weighted by Crippen LogP contribution is 1.95. The average Bonchev–Trinajstić information content (AvgIpc) is 2.33. The maximum atomic E-state index is 5.36. The number of benzene rings is 1. The number of rotatable bonds is 2. The van der Waals surface area contributed by atoms with E-state index in [1.54, 1.807) is 0 Å². The third kappa shape index (κ3) is 5.53. The monoisotopic (exact) mass is 219 g/mol. The van der Waals surface area contributed by atoms with Gasteiger partial charge in [0, 0.05) is 38.4 Å². The molecule has 88 valence electrons. The molecule has 1 aliphatic heterocycles. The van der Waals surface area contributed by atoms with Gasteiger partial charge in [-0.2, -0.15) is 0 Å². The van der Waals surface area contributed by atoms with E-state index in [0.29, 0.717) is 0 Å². The minimum atomic E-state index is 0.822. The van der Waals surface area contributed by atoms with E-state index in [4.69, 9.17) is 5.73 Å². The predicted molar refractivity (Wildman–Crippen MR) is 70.4 cm³/mol. The first-order valence-electron chi connectivity index (χ1n) is 5.67. The van der Waals surface area contributed by atoms with Gasteiger partial charge in [-0.25, -0.2) is 0 Å².